The number of phenols is 1. The largest absolute Gasteiger partial charge is 0.505 e. The van der Waals surface area contributed by atoms with E-state index in [0.29, 0.717) is 22.2 Å². The Hall–Kier alpha value is -3.09. The monoisotopic (exact) mass is 316 g/mol. The van der Waals surface area contributed by atoms with Gasteiger partial charge in [0.1, 0.15) is 11.3 Å². The lowest BCUT2D eigenvalue weighted by molar-refractivity contribution is 0.0600. The maximum atomic E-state index is 13.5. The molecule has 0 aliphatic heterocycles. The maximum Gasteiger partial charge on any atom is 0.338 e. The summed E-state index contributed by atoms with van der Waals surface area (Å²) in [6, 6.07) is 6.81. The molecule has 0 atom stereocenters. The van der Waals surface area contributed by atoms with Gasteiger partial charge in [0.15, 0.2) is 17.3 Å². The molecular formula is C16H13FN2O4. The van der Waals surface area contributed by atoms with Crippen LogP contribution in [0.25, 0.3) is 10.9 Å². The number of fused-ring (bicyclic) bond motifs is 1. The van der Waals surface area contributed by atoms with Gasteiger partial charge in [-0.05, 0) is 24.3 Å². The van der Waals surface area contributed by atoms with Crippen LogP contribution in [0.3, 0.4) is 0 Å². The Balaban J connectivity index is 2.12. The first-order chi connectivity index (χ1) is 11.0. The van der Waals surface area contributed by atoms with Crippen molar-refractivity contribution in [2.45, 2.75) is 0 Å². The van der Waals surface area contributed by atoms with Gasteiger partial charge in [-0.2, -0.15) is 5.10 Å². The number of ether oxygens (including phenoxy) is 2. The molecule has 118 valence electrons. The fourth-order valence-corrected chi connectivity index (χ4v) is 2.27. The number of hydrogen-bond acceptors (Lipinski definition) is 5. The average molecular weight is 316 g/mol. The smallest absolute Gasteiger partial charge is 0.338 e. The van der Waals surface area contributed by atoms with Crippen LogP contribution in [0.4, 0.5) is 4.39 Å². The maximum absolute atomic E-state index is 13.5. The lowest BCUT2D eigenvalue weighted by Gasteiger charge is -2.10. The van der Waals surface area contributed by atoms with Gasteiger partial charge in [0, 0.05) is 18.5 Å². The second-order valence-corrected chi connectivity index (χ2v) is 4.89. The molecule has 7 heteroatoms. The van der Waals surface area contributed by atoms with Crippen LogP contribution in [-0.2, 0) is 11.8 Å². The molecule has 0 radical (unpaired) electrons. The van der Waals surface area contributed by atoms with Crippen LogP contribution in [0, 0.1) is 5.82 Å². The number of rotatable bonds is 3. The summed E-state index contributed by atoms with van der Waals surface area (Å²) in [4.78, 5) is 11.8. The predicted molar refractivity (Wildman–Crippen MR) is 80.2 cm³/mol. The van der Waals surface area contributed by atoms with Crippen molar-refractivity contribution < 1.29 is 23.8 Å². The second kappa shape index (κ2) is 5.60. The third-order valence-electron chi connectivity index (χ3n) is 3.37. The van der Waals surface area contributed by atoms with Crippen molar-refractivity contribution in [1.29, 1.82) is 0 Å². The highest BCUT2D eigenvalue weighted by molar-refractivity contribution is 5.97. The van der Waals surface area contributed by atoms with Gasteiger partial charge >= 0.3 is 5.97 Å². The number of aromatic hydroxyl groups is 1. The van der Waals surface area contributed by atoms with Crippen LogP contribution in [0.5, 0.6) is 17.2 Å². The summed E-state index contributed by atoms with van der Waals surface area (Å²) in [6.45, 7) is 0. The number of esters is 1. The van der Waals surface area contributed by atoms with Crippen molar-refractivity contribution in [1.82, 2.24) is 9.78 Å². The van der Waals surface area contributed by atoms with Crippen LogP contribution in [0.15, 0.2) is 36.5 Å². The van der Waals surface area contributed by atoms with Crippen molar-refractivity contribution in [3.63, 3.8) is 0 Å². The third kappa shape index (κ3) is 2.68. The Kier molecular flexibility index (Phi) is 3.61. The number of benzene rings is 2. The fraction of sp³-hybridized carbons (Fsp3) is 0.125. The van der Waals surface area contributed by atoms with E-state index in [1.165, 1.54) is 25.3 Å². The number of hydrogen-bond donors (Lipinski definition) is 1. The Labute approximate surface area is 130 Å². The van der Waals surface area contributed by atoms with Crippen LogP contribution >= 0.6 is 0 Å². The normalized spacial score (nSPS) is 10.7. The molecule has 0 amide bonds. The lowest BCUT2D eigenvalue weighted by Crippen LogP contribution is -2.02. The highest BCUT2D eigenvalue weighted by Gasteiger charge is 2.15. The number of carbonyl (C=O) groups is 1. The van der Waals surface area contributed by atoms with Crippen LogP contribution in [0.1, 0.15) is 10.4 Å². The van der Waals surface area contributed by atoms with Gasteiger partial charge in [-0.3, -0.25) is 4.68 Å². The first-order valence-corrected chi connectivity index (χ1v) is 6.70. The summed E-state index contributed by atoms with van der Waals surface area (Å²) in [5.74, 6) is -1.27. The molecule has 0 unspecified atom stereocenters. The summed E-state index contributed by atoms with van der Waals surface area (Å²) in [5.41, 5.74) is 0.938. The number of phenolic OH excluding ortho intramolecular Hbond substituents is 1. The molecular weight excluding hydrogens is 303 g/mol. The average Bonchev–Trinajstić information content (AvgIpc) is 2.91. The van der Waals surface area contributed by atoms with E-state index < -0.39 is 17.5 Å². The van der Waals surface area contributed by atoms with Gasteiger partial charge in [0.25, 0.3) is 0 Å². The van der Waals surface area contributed by atoms with Gasteiger partial charge in [0.2, 0.25) is 0 Å². The minimum atomic E-state index is -0.798. The van der Waals surface area contributed by atoms with Crippen molar-refractivity contribution in [3.05, 3.63) is 47.9 Å². The van der Waals surface area contributed by atoms with E-state index in [0.717, 1.165) is 6.07 Å². The highest BCUT2D eigenvalue weighted by atomic mass is 19.1. The molecule has 0 spiro atoms. The molecule has 2 aromatic carbocycles. The minimum absolute atomic E-state index is 0.185. The molecule has 0 saturated carbocycles. The van der Waals surface area contributed by atoms with Crippen LogP contribution in [-0.4, -0.2) is 28.0 Å². The molecule has 0 aliphatic rings. The summed E-state index contributed by atoms with van der Waals surface area (Å²) in [6.07, 6.45) is 1.59. The zero-order chi connectivity index (χ0) is 16.6. The highest BCUT2D eigenvalue weighted by Crippen LogP contribution is 2.32. The summed E-state index contributed by atoms with van der Waals surface area (Å²) in [7, 11) is 3.01. The van der Waals surface area contributed by atoms with Crippen molar-refractivity contribution in [2.75, 3.05) is 7.11 Å². The zero-order valence-corrected chi connectivity index (χ0v) is 12.4. The molecule has 0 fully saturated rings. The van der Waals surface area contributed by atoms with E-state index in [2.05, 4.69) is 5.10 Å². The van der Waals surface area contributed by atoms with Gasteiger partial charge in [-0.15, -0.1) is 0 Å². The van der Waals surface area contributed by atoms with E-state index in [9.17, 15) is 14.3 Å². The molecule has 1 heterocycles. The van der Waals surface area contributed by atoms with E-state index in [4.69, 9.17) is 9.47 Å². The van der Waals surface area contributed by atoms with Crippen LogP contribution < -0.4 is 4.74 Å². The zero-order valence-electron chi connectivity index (χ0n) is 12.4. The number of aryl methyl sites for hydroxylation is 1. The summed E-state index contributed by atoms with van der Waals surface area (Å²) in [5, 5.41) is 14.0. The first-order valence-electron chi connectivity index (χ1n) is 6.70. The summed E-state index contributed by atoms with van der Waals surface area (Å²) < 4.78 is 25.4. The number of methoxy groups -OCH3 is 1. The first kappa shape index (κ1) is 14.8. The van der Waals surface area contributed by atoms with Crippen molar-refractivity contribution in [3.8, 4) is 17.2 Å². The van der Waals surface area contributed by atoms with E-state index in [1.54, 1.807) is 24.0 Å². The van der Waals surface area contributed by atoms with Crippen molar-refractivity contribution >= 4 is 16.9 Å². The van der Waals surface area contributed by atoms with Gasteiger partial charge in [-0.1, -0.05) is 0 Å². The van der Waals surface area contributed by atoms with Crippen LogP contribution in [0.2, 0.25) is 0 Å². The Bertz CT molecular complexity index is 904. The molecule has 0 aliphatic carbocycles. The Morgan fingerprint density at radius 2 is 2.09 bits per heavy atom. The number of halogens is 1. The third-order valence-corrected chi connectivity index (χ3v) is 3.37. The molecule has 0 saturated heterocycles. The minimum Gasteiger partial charge on any atom is -0.505 e. The fourth-order valence-electron chi connectivity index (χ4n) is 2.27. The van der Waals surface area contributed by atoms with Gasteiger partial charge < -0.3 is 14.6 Å². The molecule has 1 N–H and O–H groups in total. The number of carbonyl (C=O) groups excluding carboxylic acids is 1. The molecule has 23 heavy (non-hydrogen) atoms. The molecule has 3 rings (SSSR count). The number of nitrogens with zero attached hydrogens (tertiary/aromatic N) is 2. The van der Waals surface area contributed by atoms with Crippen molar-refractivity contribution in [2.24, 2.45) is 7.05 Å². The summed E-state index contributed by atoms with van der Waals surface area (Å²) >= 11 is 0. The molecule has 3 aromatic rings. The SMILES string of the molecule is COC(=O)c1cc(Oc2ccc(O)c(F)c2)c2c(cnn2C)c1. The predicted octanol–water partition coefficient (Wildman–Crippen LogP) is 3.00. The van der Waals surface area contributed by atoms with Gasteiger partial charge in [-0.25, -0.2) is 9.18 Å². The molecule has 1 aromatic heterocycles. The molecule has 6 nitrogen and oxygen atoms in total. The van der Waals surface area contributed by atoms with E-state index >= 15 is 0 Å². The standard InChI is InChI=1S/C16H13FN2O4/c1-19-15-10(8-18-19)5-9(16(21)22-2)6-14(15)23-11-3-4-13(20)12(17)7-11/h3-8,20H,1-2H3. The number of aromatic nitrogens is 2. The van der Waals surface area contributed by atoms with E-state index in [1.807, 2.05) is 0 Å². The quantitative estimate of drug-likeness (QED) is 0.752. The second-order valence-electron chi connectivity index (χ2n) is 4.89. The molecule has 0 bridgehead atoms. The van der Waals surface area contributed by atoms with Gasteiger partial charge in [0.05, 0.1) is 18.9 Å². The Morgan fingerprint density at radius 1 is 1.30 bits per heavy atom. The topological polar surface area (TPSA) is 73.6 Å². The van der Waals surface area contributed by atoms with E-state index in [-0.39, 0.29) is 5.75 Å². The lowest BCUT2D eigenvalue weighted by atomic mass is 10.1. The Morgan fingerprint density at radius 3 is 2.78 bits per heavy atom.